The third-order valence-corrected chi connectivity index (χ3v) is 9.09. The molecule has 0 saturated heterocycles. The van der Waals surface area contributed by atoms with Crippen LogP contribution in [0.2, 0.25) is 0 Å². The molecular weight excluding hydrogens is 388 g/mol. The minimum atomic E-state index is 1.13. The SMILES string of the molecule is c1cc2cc3c4ccc5ccc6c(cc1c1c2c4c5c61)CSCCCCCSC3. The Morgan fingerprint density at radius 2 is 0.966 bits per heavy atom. The fourth-order valence-electron chi connectivity index (χ4n) is 5.61. The van der Waals surface area contributed by atoms with Gasteiger partial charge in [0.05, 0.1) is 0 Å². The van der Waals surface area contributed by atoms with E-state index < -0.39 is 0 Å². The van der Waals surface area contributed by atoms with Crippen molar-refractivity contribution in [3.05, 3.63) is 59.7 Å². The quantitative estimate of drug-likeness (QED) is 0.230. The zero-order valence-corrected chi connectivity index (χ0v) is 18.0. The van der Waals surface area contributed by atoms with Gasteiger partial charge in [-0.25, -0.2) is 0 Å². The molecule has 0 spiro atoms. The normalized spacial score (nSPS) is 17.1. The molecule has 0 aliphatic carbocycles. The van der Waals surface area contributed by atoms with E-state index >= 15 is 0 Å². The molecule has 0 unspecified atom stereocenters. The molecular formula is C27H22S2. The number of hydrogen-bond acceptors (Lipinski definition) is 2. The molecule has 0 saturated carbocycles. The fraction of sp³-hybridized carbons (Fsp3) is 0.259. The van der Waals surface area contributed by atoms with Gasteiger partial charge in [0, 0.05) is 11.5 Å². The molecule has 6 aromatic carbocycles. The molecule has 0 atom stereocenters. The summed E-state index contributed by atoms with van der Waals surface area (Å²) in [6.07, 6.45) is 4.06. The van der Waals surface area contributed by atoms with Crippen molar-refractivity contribution in [2.75, 3.05) is 11.5 Å². The van der Waals surface area contributed by atoms with Crippen LogP contribution in [0.5, 0.6) is 0 Å². The predicted octanol–water partition coefficient (Wildman–Crippen LogP) is 8.42. The topological polar surface area (TPSA) is 0 Å². The molecule has 0 fully saturated rings. The first-order valence-corrected chi connectivity index (χ1v) is 13.1. The van der Waals surface area contributed by atoms with Crippen molar-refractivity contribution >= 4 is 77.4 Å². The van der Waals surface area contributed by atoms with Crippen molar-refractivity contribution in [2.24, 2.45) is 0 Å². The smallest absolute Gasteiger partial charge is 0.0190 e. The Labute approximate surface area is 179 Å². The van der Waals surface area contributed by atoms with E-state index in [9.17, 15) is 0 Å². The summed E-state index contributed by atoms with van der Waals surface area (Å²) in [4.78, 5) is 0. The van der Waals surface area contributed by atoms with E-state index in [-0.39, 0.29) is 0 Å². The van der Waals surface area contributed by atoms with Gasteiger partial charge < -0.3 is 0 Å². The molecule has 1 aliphatic rings. The van der Waals surface area contributed by atoms with E-state index in [0.717, 1.165) is 11.5 Å². The average Bonchev–Trinajstić information content (AvgIpc) is 3.12. The standard InChI is InChI=1S/C27H22S2/c1-2-10-28-14-19-12-17-4-5-18-13-20(15-29-11-3-1)22-9-7-16-6-8-21(19)26-23(16)27(22)25(18)24(17)26/h4-9,12-13H,1-3,10-11,14-15H2. The average molecular weight is 411 g/mol. The molecule has 0 radical (unpaired) electrons. The van der Waals surface area contributed by atoms with E-state index in [0.29, 0.717) is 0 Å². The van der Waals surface area contributed by atoms with E-state index in [1.807, 2.05) is 0 Å². The van der Waals surface area contributed by atoms with E-state index in [4.69, 9.17) is 0 Å². The maximum atomic E-state index is 2.48. The molecule has 2 heteroatoms. The molecule has 0 N–H and O–H groups in total. The summed E-state index contributed by atoms with van der Waals surface area (Å²) in [5.74, 6) is 4.82. The van der Waals surface area contributed by atoms with E-state index in [1.165, 1.54) is 95.8 Å². The van der Waals surface area contributed by atoms with Crippen LogP contribution in [0, 0.1) is 0 Å². The molecule has 0 aromatic heterocycles. The number of thioether (sulfide) groups is 2. The zero-order valence-electron chi connectivity index (χ0n) is 16.4. The first-order valence-electron chi connectivity index (χ1n) is 10.7. The Morgan fingerprint density at radius 1 is 0.483 bits per heavy atom. The van der Waals surface area contributed by atoms with Crippen molar-refractivity contribution in [2.45, 2.75) is 30.8 Å². The van der Waals surface area contributed by atoms with Gasteiger partial charge in [-0.1, -0.05) is 42.8 Å². The van der Waals surface area contributed by atoms with E-state index in [1.54, 1.807) is 0 Å². The van der Waals surface area contributed by atoms with E-state index in [2.05, 4.69) is 72.1 Å². The van der Waals surface area contributed by atoms with Crippen molar-refractivity contribution in [1.82, 2.24) is 0 Å². The Kier molecular flexibility index (Phi) is 3.66. The summed E-state index contributed by atoms with van der Waals surface area (Å²) in [7, 11) is 0. The lowest BCUT2D eigenvalue weighted by Gasteiger charge is -2.11. The summed E-state index contributed by atoms with van der Waals surface area (Å²) in [6, 6.07) is 19.2. The van der Waals surface area contributed by atoms with Gasteiger partial charge in [0.2, 0.25) is 0 Å². The van der Waals surface area contributed by atoms with Crippen LogP contribution in [0.25, 0.3) is 53.9 Å². The van der Waals surface area contributed by atoms with Crippen LogP contribution < -0.4 is 0 Å². The first-order chi connectivity index (χ1) is 14.4. The van der Waals surface area contributed by atoms with Gasteiger partial charge in [-0.3, -0.25) is 0 Å². The molecule has 0 nitrogen and oxygen atoms in total. The van der Waals surface area contributed by atoms with Crippen LogP contribution in [0.4, 0.5) is 0 Å². The molecule has 0 amide bonds. The van der Waals surface area contributed by atoms with Gasteiger partial charge in [0.1, 0.15) is 0 Å². The Bertz CT molecular complexity index is 1370. The summed E-state index contributed by atoms with van der Waals surface area (Å²) in [6.45, 7) is 0. The summed E-state index contributed by atoms with van der Waals surface area (Å²) in [5, 5.41) is 14.8. The molecule has 7 rings (SSSR count). The van der Waals surface area contributed by atoms with Crippen molar-refractivity contribution in [3.8, 4) is 0 Å². The van der Waals surface area contributed by atoms with Crippen LogP contribution in [-0.4, -0.2) is 11.5 Å². The lowest BCUT2D eigenvalue weighted by Crippen LogP contribution is -1.90. The van der Waals surface area contributed by atoms with Crippen LogP contribution in [-0.2, 0) is 11.5 Å². The second-order valence-electron chi connectivity index (χ2n) is 8.57. The monoisotopic (exact) mass is 410 g/mol. The van der Waals surface area contributed by atoms with Crippen molar-refractivity contribution < 1.29 is 0 Å². The Hall–Kier alpha value is -1.90. The lowest BCUT2D eigenvalue weighted by atomic mass is 9.96. The maximum Gasteiger partial charge on any atom is 0.0190 e. The Morgan fingerprint density at radius 3 is 1.52 bits per heavy atom. The summed E-state index contributed by atoms with van der Waals surface area (Å²) < 4.78 is 0. The van der Waals surface area contributed by atoms with Crippen LogP contribution in [0.3, 0.4) is 0 Å². The van der Waals surface area contributed by atoms with Gasteiger partial charge >= 0.3 is 0 Å². The highest BCUT2D eigenvalue weighted by molar-refractivity contribution is 7.98. The third-order valence-electron chi connectivity index (χ3n) is 6.90. The molecule has 6 aromatic rings. The zero-order chi connectivity index (χ0) is 18.9. The van der Waals surface area contributed by atoms with Gasteiger partial charge in [0.25, 0.3) is 0 Å². The number of rotatable bonds is 0. The molecule has 29 heavy (non-hydrogen) atoms. The molecule has 1 heterocycles. The highest BCUT2D eigenvalue weighted by atomic mass is 32.2. The minimum Gasteiger partial charge on any atom is -0.157 e. The second-order valence-corrected chi connectivity index (χ2v) is 10.8. The van der Waals surface area contributed by atoms with Crippen molar-refractivity contribution in [3.63, 3.8) is 0 Å². The number of benzene rings is 5. The lowest BCUT2D eigenvalue weighted by molar-refractivity contribution is 0.785. The van der Waals surface area contributed by atoms with Gasteiger partial charge in [0.15, 0.2) is 0 Å². The molecule has 7 bridgehead atoms. The summed E-state index contributed by atoms with van der Waals surface area (Å²) in [5.41, 5.74) is 3.04. The highest BCUT2D eigenvalue weighted by Crippen LogP contribution is 2.50. The van der Waals surface area contributed by atoms with Crippen LogP contribution in [0.15, 0.2) is 48.5 Å². The van der Waals surface area contributed by atoms with Gasteiger partial charge in [-0.05, 0) is 101 Å². The molecule has 1 aliphatic heterocycles. The minimum absolute atomic E-state index is 1.13. The maximum absolute atomic E-state index is 2.48. The largest absolute Gasteiger partial charge is 0.157 e. The molecule has 142 valence electrons. The fourth-order valence-corrected chi connectivity index (χ4v) is 7.63. The van der Waals surface area contributed by atoms with Gasteiger partial charge in [-0.2, -0.15) is 23.5 Å². The summed E-state index contributed by atoms with van der Waals surface area (Å²) >= 11 is 4.24. The van der Waals surface area contributed by atoms with Crippen LogP contribution >= 0.6 is 23.5 Å². The predicted molar refractivity (Wildman–Crippen MR) is 134 cm³/mol. The van der Waals surface area contributed by atoms with Crippen molar-refractivity contribution in [1.29, 1.82) is 0 Å². The third kappa shape index (κ3) is 2.30. The second kappa shape index (κ2) is 6.30. The number of hydrogen-bond donors (Lipinski definition) is 0. The van der Waals surface area contributed by atoms with Crippen LogP contribution in [0.1, 0.15) is 30.4 Å². The van der Waals surface area contributed by atoms with Gasteiger partial charge in [-0.15, -0.1) is 0 Å². The highest BCUT2D eigenvalue weighted by Gasteiger charge is 2.22. The first kappa shape index (κ1) is 16.8. The Balaban J connectivity index is 1.68.